The highest BCUT2D eigenvalue weighted by atomic mass is 16.4. The standard InChI is InChI=1S/C20H21N3O4/c24-19(25)11-5-2-6-12-21-20(26)17-14-16(18-10-7-13-27-18)22-23(17)15-8-3-1-4-9-15/h1,3-4,7-10,13-14H,2,5-6,11-12H2,(H,21,26)(H,24,25). The minimum absolute atomic E-state index is 0.154. The van der Waals surface area contributed by atoms with Crippen LogP contribution in [0.2, 0.25) is 0 Å². The van der Waals surface area contributed by atoms with Crippen LogP contribution in [-0.2, 0) is 4.79 Å². The van der Waals surface area contributed by atoms with Crippen molar-refractivity contribution in [2.75, 3.05) is 6.54 Å². The van der Waals surface area contributed by atoms with Crippen molar-refractivity contribution in [3.63, 3.8) is 0 Å². The molecule has 140 valence electrons. The number of amides is 1. The Balaban J connectivity index is 1.71. The van der Waals surface area contributed by atoms with Gasteiger partial charge in [0, 0.05) is 19.0 Å². The SMILES string of the molecule is O=C(O)CCCCCNC(=O)c1cc(-c2ccco2)nn1-c1ccccc1. The summed E-state index contributed by atoms with van der Waals surface area (Å²) < 4.78 is 6.99. The fourth-order valence-corrected chi connectivity index (χ4v) is 2.72. The second-order valence-electron chi connectivity index (χ2n) is 6.10. The van der Waals surface area contributed by atoms with Gasteiger partial charge in [-0.05, 0) is 37.1 Å². The summed E-state index contributed by atoms with van der Waals surface area (Å²) in [7, 11) is 0. The number of para-hydroxylation sites is 1. The van der Waals surface area contributed by atoms with Crippen molar-refractivity contribution in [1.29, 1.82) is 0 Å². The van der Waals surface area contributed by atoms with Gasteiger partial charge in [-0.3, -0.25) is 9.59 Å². The second kappa shape index (κ2) is 8.84. The zero-order chi connectivity index (χ0) is 19.1. The lowest BCUT2D eigenvalue weighted by Crippen LogP contribution is -2.26. The maximum absolute atomic E-state index is 12.7. The monoisotopic (exact) mass is 367 g/mol. The molecule has 0 fully saturated rings. The Hall–Kier alpha value is -3.35. The number of carbonyl (C=O) groups is 2. The first kappa shape index (κ1) is 18.4. The van der Waals surface area contributed by atoms with Crippen LogP contribution >= 0.6 is 0 Å². The van der Waals surface area contributed by atoms with Crippen LogP contribution in [0.4, 0.5) is 0 Å². The number of carboxylic acid groups (broad SMARTS) is 1. The minimum atomic E-state index is -0.795. The molecule has 27 heavy (non-hydrogen) atoms. The Morgan fingerprint density at radius 2 is 1.89 bits per heavy atom. The van der Waals surface area contributed by atoms with Crippen LogP contribution in [0.5, 0.6) is 0 Å². The van der Waals surface area contributed by atoms with Crippen molar-refractivity contribution in [1.82, 2.24) is 15.1 Å². The van der Waals surface area contributed by atoms with E-state index in [-0.39, 0.29) is 12.3 Å². The molecule has 1 amide bonds. The third-order valence-corrected chi connectivity index (χ3v) is 4.07. The molecule has 7 heteroatoms. The number of furan rings is 1. The molecule has 0 aliphatic rings. The summed E-state index contributed by atoms with van der Waals surface area (Å²) in [6.07, 6.45) is 3.80. The first-order valence-corrected chi connectivity index (χ1v) is 8.84. The smallest absolute Gasteiger partial charge is 0.303 e. The third kappa shape index (κ3) is 4.84. The molecular formula is C20H21N3O4. The lowest BCUT2D eigenvalue weighted by atomic mass is 10.2. The number of benzene rings is 1. The number of nitrogens with one attached hydrogen (secondary N) is 1. The predicted octanol–water partition coefficient (Wildman–Crippen LogP) is 3.51. The zero-order valence-corrected chi connectivity index (χ0v) is 14.8. The van der Waals surface area contributed by atoms with E-state index in [9.17, 15) is 9.59 Å². The molecule has 3 rings (SSSR count). The van der Waals surface area contributed by atoms with Crippen molar-refractivity contribution >= 4 is 11.9 Å². The van der Waals surface area contributed by atoms with Gasteiger partial charge < -0.3 is 14.8 Å². The van der Waals surface area contributed by atoms with Gasteiger partial charge in [-0.2, -0.15) is 5.10 Å². The first-order chi connectivity index (χ1) is 13.1. The van der Waals surface area contributed by atoms with Gasteiger partial charge in [-0.1, -0.05) is 24.6 Å². The van der Waals surface area contributed by atoms with Gasteiger partial charge >= 0.3 is 5.97 Å². The Morgan fingerprint density at radius 1 is 1.07 bits per heavy atom. The first-order valence-electron chi connectivity index (χ1n) is 8.84. The summed E-state index contributed by atoms with van der Waals surface area (Å²) in [6.45, 7) is 0.481. The number of rotatable bonds is 9. The quantitative estimate of drug-likeness (QED) is 0.564. The molecule has 1 aromatic carbocycles. The van der Waals surface area contributed by atoms with Gasteiger partial charge in [0.15, 0.2) is 5.76 Å². The van der Waals surface area contributed by atoms with Crippen LogP contribution in [0.1, 0.15) is 36.2 Å². The van der Waals surface area contributed by atoms with Crippen LogP contribution in [-0.4, -0.2) is 33.3 Å². The molecule has 0 atom stereocenters. The van der Waals surface area contributed by atoms with Gasteiger partial charge in [0.2, 0.25) is 0 Å². The van der Waals surface area contributed by atoms with Gasteiger partial charge in [0.25, 0.3) is 5.91 Å². The second-order valence-corrected chi connectivity index (χ2v) is 6.10. The highest BCUT2D eigenvalue weighted by Crippen LogP contribution is 2.22. The average molecular weight is 367 g/mol. The number of aliphatic carboxylic acids is 1. The molecule has 2 heterocycles. The maximum atomic E-state index is 12.7. The van der Waals surface area contributed by atoms with E-state index in [2.05, 4.69) is 10.4 Å². The number of aromatic nitrogens is 2. The normalized spacial score (nSPS) is 10.7. The van der Waals surface area contributed by atoms with E-state index < -0.39 is 5.97 Å². The fraction of sp³-hybridized carbons (Fsp3) is 0.250. The molecule has 0 aliphatic carbocycles. The lowest BCUT2D eigenvalue weighted by Gasteiger charge is -2.08. The molecule has 0 unspecified atom stereocenters. The van der Waals surface area contributed by atoms with E-state index in [0.29, 0.717) is 30.1 Å². The fourth-order valence-electron chi connectivity index (χ4n) is 2.72. The van der Waals surface area contributed by atoms with E-state index in [1.807, 2.05) is 30.3 Å². The molecule has 2 N–H and O–H groups in total. The summed E-state index contributed by atoms with van der Waals surface area (Å²) in [5.74, 6) is -0.439. The number of unbranched alkanes of at least 4 members (excludes halogenated alkanes) is 2. The van der Waals surface area contributed by atoms with Crippen molar-refractivity contribution in [2.24, 2.45) is 0 Å². The number of hydrogen-bond donors (Lipinski definition) is 2. The van der Waals surface area contributed by atoms with E-state index >= 15 is 0 Å². The summed E-state index contributed by atoms with van der Waals surface area (Å²) in [5, 5.41) is 16.0. The Kier molecular flexibility index (Phi) is 6.04. The van der Waals surface area contributed by atoms with Crippen LogP contribution in [0.15, 0.2) is 59.2 Å². The van der Waals surface area contributed by atoms with Gasteiger partial charge in [0.05, 0.1) is 12.0 Å². The van der Waals surface area contributed by atoms with Crippen LogP contribution in [0, 0.1) is 0 Å². The highest BCUT2D eigenvalue weighted by Gasteiger charge is 2.18. The number of carboxylic acids is 1. The third-order valence-electron chi connectivity index (χ3n) is 4.07. The molecule has 0 spiro atoms. The number of hydrogen-bond acceptors (Lipinski definition) is 4. The Morgan fingerprint density at radius 3 is 2.59 bits per heavy atom. The number of carbonyl (C=O) groups excluding carboxylic acids is 1. The van der Waals surface area contributed by atoms with Crippen molar-refractivity contribution in [2.45, 2.75) is 25.7 Å². The molecule has 2 aromatic heterocycles. The van der Waals surface area contributed by atoms with E-state index in [0.717, 1.165) is 18.5 Å². The average Bonchev–Trinajstić information content (AvgIpc) is 3.34. The zero-order valence-electron chi connectivity index (χ0n) is 14.8. The molecule has 0 saturated carbocycles. The highest BCUT2D eigenvalue weighted by molar-refractivity contribution is 5.94. The summed E-state index contributed by atoms with van der Waals surface area (Å²) >= 11 is 0. The molecule has 0 aliphatic heterocycles. The summed E-state index contributed by atoms with van der Waals surface area (Å²) in [6, 6.07) is 14.7. The Bertz CT molecular complexity index is 885. The molecule has 0 saturated heterocycles. The lowest BCUT2D eigenvalue weighted by molar-refractivity contribution is -0.137. The van der Waals surface area contributed by atoms with Gasteiger partial charge in [-0.25, -0.2) is 4.68 Å². The summed E-state index contributed by atoms with van der Waals surface area (Å²) in [4.78, 5) is 23.2. The van der Waals surface area contributed by atoms with Crippen molar-refractivity contribution in [3.05, 3.63) is 60.5 Å². The topological polar surface area (TPSA) is 97.4 Å². The largest absolute Gasteiger partial charge is 0.481 e. The van der Waals surface area contributed by atoms with E-state index in [4.69, 9.17) is 9.52 Å². The number of nitrogens with zero attached hydrogens (tertiary/aromatic N) is 2. The summed E-state index contributed by atoms with van der Waals surface area (Å²) in [5.41, 5.74) is 1.77. The Labute approximate surface area is 156 Å². The van der Waals surface area contributed by atoms with Crippen LogP contribution < -0.4 is 5.32 Å². The van der Waals surface area contributed by atoms with E-state index in [1.54, 1.807) is 29.1 Å². The molecule has 0 radical (unpaired) electrons. The van der Waals surface area contributed by atoms with E-state index in [1.165, 1.54) is 0 Å². The minimum Gasteiger partial charge on any atom is -0.481 e. The van der Waals surface area contributed by atoms with Gasteiger partial charge in [0.1, 0.15) is 11.4 Å². The predicted molar refractivity (Wildman–Crippen MR) is 99.7 cm³/mol. The van der Waals surface area contributed by atoms with Crippen LogP contribution in [0.3, 0.4) is 0 Å². The molecule has 0 bridgehead atoms. The molecular weight excluding hydrogens is 346 g/mol. The van der Waals surface area contributed by atoms with Gasteiger partial charge in [-0.15, -0.1) is 0 Å². The molecule has 7 nitrogen and oxygen atoms in total. The maximum Gasteiger partial charge on any atom is 0.303 e. The molecule has 3 aromatic rings. The van der Waals surface area contributed by atoms with Crippen LogP contribution in [0.25, 0.3) is 17.1 Å². The van der Waals surface area contributed by atoms with Crippen molar-refractivity contribution in [3.8, 4) is 17.1 Å². The van der Waals surface area contributed by atoms with Crippen molar-refractivity contribution < 1.29 is 19.1 Å².